The van der Waals surface area contributed by atoms with Crippen LogP contribution >= 0.6 is 0 Å². The quantitative estimate of drug-likeness (QED) is 0.703. The number of methoxy groups -OCH3 is 2. The Morgan fingerprint density at radius 2 is 1.80 bits per heavy atom. The number of carbonyl (C=O) groups excluding carboxylic acids is 1. The fraction of sp³-hybridized carbons (Fsp3) is 0.304. The molecule has 7 heteroatoms. The molecule has 1 aliphatic heterocycles. The van der Waals surface area contributed by atoms with E-state index in [1.807, 2.05) is 42.5 Å². The van der Waals surface area contributed by atoms with Gasteiger partial charge in [-0.25, -0.2) is 4.68 Å². The Morgan fingerprint density at radius 1 is 1.07 bits per heavy atom. The second-order valence-corrected chi connectivity index (χ2v) is 7.26. The third kappa shape index (κ3) is 3.89. The number of para-hydroxylation sites is 1. The van der Waals surface area contributed by atoms with Crippen LogP contribution in [0.2, 0.25) is 0 Å². The number of likely N-dealkylation sites (tertiary alicyclic amines) is 1. The molecule has 0 bridgehead atoms. The molecule has 0 radical (unpaired) electrons. The molecule has 2 heterocycles. The minimum atomic E-state index is -0.348. The summed E-state index contributed by atoms with van der Waals surface area (Å²) < 4.78 is 12.6. The average Bonchev–Trinajstić information content (AvgIpc) is 3.24. The molecule has 0 spiro atoms. The van der Waals surface area contributed by atoms with Crippen molar-refractivity contribution >= 4 is 5.91 Å². The van der Waals surface area contributed by atoms with Crippen molar-refractivity contribution < 1.29 is 19.4 Å². The Hall–Kier alpha value is -3.32. The number of carbonyl (C=O) groups is 1. The van der Waals surface area contributed by atoms with Crippen LogP contribution in [0.15, 0.2) is 54.7 Å². The first-order valence-electron chi connectivity index (χ1n) is 9.95. The summed E-state index contributed by atoms with van der Waals surface area (Å²) in [5.41, 5.74) is 2.56. The molecule has 156 valence electrons. The van der Waals surface area contributed by atoms with E-state index in [1.165, 1.54) is 0 Å². The molecule has 1 fully saturated rings. The van der Waals surface area contributed by atoms with E-state index in [9.17, 15) is 9.90 Å². The monoisotopic (exact) mass is 407 g/mol. The largest absolute Gasteiger partial charge is 0.497 e. The second-order valence-electron chi connectivity index (χ2n) is 7.26. The minimum Gasteiger partial charge on any atom is -0.497 e. The van der Waals surface area contributed by atoms with Crippen molar-refractivity contribution in [3.63, 3.8) is 0 Å². The molecule has 7 nitrogen and oxygen atoms in total. The highest BCUT2D eigenvalue weighted by Gasteiger charge is 2.28. The van der Waals surface area contributed by atoms with Gasteiger partial charge >= 0.3 is 0 Å². The summed E-state index contributed by atoms with van der Waals surface area (Å²) in [6.07, 6.45) is 2.57. The lowest BCUT2D eigenvalue weighted by Crippen LogP contribution is -2.40. The van der Waals surface area contributed by atoms with Gasteiger partial charge in [-0.2, -0.15) is 5.10 Å². The highest BCUT2D eigenvalue weighted by molar-refractivity contribution is 6.00. The zero-order chi connectivity index (χ0) is 21.1. The Balaban J connectivity index is 1.83. The molecule has 1 aliphatic rings. The maximum atomic E-state index is 13.4. The van der Waals surface area contributed by atoms with Gasteiger partial charge < -0.3 is 19.5 Å². The number of amides is 1. The predicted molar refractivity (Wildman–Crippen MR) is 113 cm³/mol. The first kappa shape index (κ1) is 20.0. The Kier molecular flexibility index (Phi) is 5.72. The van der Waals surface area contributed by atoms with Crippen LogP contribution in [0.3, 0.4) is 0 Å². The standard InChI is InChI=1S/C23H25N3O4/c1-29-18-8-9-21(30-2)19(14-18)22-20(23(28)25-12-10-17(27)11-13-25)15-26(24-22)16-6-4-3-5-7-16/h3-9,14-15,17,27H,10-13H2,1-2H3. The normalized spacial score (nSPS) is 14.6. The molecule has 1 N–H and O–H groups in total. The second kappa shape index (κ2) is 8.59. The molecule has 2 aromatic carbocycles. The Labute approximate surface area is 175 Å². The van der Waals surface area contributed by atoms with Crippen LogP contribution in [-0.2, 0) is 0 Å². The number of aromatic nitrogens is 2. The fourth-order valence-corrected chi connectivity index (χ4v) is 3.68. The topological polar surface area (TPSA) is 76.8 Å². The van der Waals surface area contributed by atoms with Crippen LogP contribution in [0.5, 0.6) is 11.5 Å². The smallest absolute Gasteiger partial charge is 0.257 e. The molecule has 4 rings (SSSR count). The number of aliphatic hydroxyl groups excluding tert-OH is 1. The van der Waals surface area contributed by atoms with Crippen LogP contribution in [0.4, 0.5) is 0 Å². The van der Waals surface area contributed by atoms with E-state index in [0.29, 0.717) is 54.3 Å². The van der Waals surface area contributed by atoms with E-state index >= 15 is 0 Å². The van der Waals surface area contributed by atoms with E-state index in [0.717, 1.165) is 5.69 Å². The average molecular weight is 407 g/mol. The molecule has 0 aliphatic carbocycles. The van der Waals surface area contributed by atoms with E-state index in [2.05, 4.69) is 0 Å². The number of hydrogen-bond donors (Lipinski definition) is 1. The van der Waals surface area contributed by atoms with Gasteiger partial charge in [0.05, 0.1) is 31.6 Å². The first-order valence-corrected chi connectivity index (χ1v) is 9.95. The van der Waals surface area contributed by atoms with Crippen molar-refractivity contribution in [3.8, 4) is 28.4 Å². The summed E-state index contributed by atoms with van der Waals surface area (Å²) in [5, 5.41) is 14.6. The summed E-state index contributed by atoms with van der Waals surface area (Å²) >= 11 is 0. The van der Waals surface area contributed by atoms with Crippen molar-refractivity contribution in [2.75, 3.05) is 27.3 Å². The highest BCUT2D eigenvalue weighted by atomic mass is 16.5. The van der Waals surface area contributed by atoms with Gasteiger partial charge in [0.1, 0.15) is 17.2 Å². The van der Waals surface area contributed by atoms with Gasteiger partial charge in [-0.3, -0.25) is 4.79 Å². The number of aliphatic hydroxyl groups is 1. The number of rotatable bonds is 5. The van der Waals surface area contributed by atoms with Crippen LogP contribution in [-0.4, -0.2) is 59.1 Å². The minimum absolute atomic E-state index is 0.107. The van der Waals surface area contributed by atoms with Gasteiger partial charge in [0, 0.05) is 24.8 Å². The summed E-state index contributed by atoms with van der Waals surface area (Å²) in [4.78, 5) is 15.2. The van der Waals surface area contributed by atoms with E-state index in [1.54, 1.807) is 36.1 Å². The molecule has 0 saturated carbocycles. The Morgan fingerprint density at radius 3 is 2.47 bits per heavy atom. The molecule has 0 atom stereocenters. The zero-order valence-corrected chi connectivity index (χ0v) is 17.1. The van der Waals surface area contributed by atoms with Gasteiger partial charge in [-0.15, -0.1) is 0 Å². The maximum Gasteiger partial charge on any atom is 0.257 e. The molecule has 3 aromatic rings. The summed E-state index contributed by atoms with van der Waals surface area (Å²) in [7, 11) is 3.19. The zero-order valence-electron chi connectivity index (χ0n) is 17.1. The van der Waals surface area contributed by atoms with Gasteiger partial charge in [0.2, 0.25) is 0 Å². The number of hydrogen-bond acceptors (Lipinski definition) is 5. The summed E-state index contributed by atoms with van der Waals surface area (Å²) in [6, 6.07) is 15.1. The number of benzene rings is 2. The number of ether oxygens (including phenoxy) is 2. The van der Waals surface area contributed by atoms with E-state index < -0.39 is 0 Å². The third-order valence-electron chi connectivity index (χ3n) is 5.38. The third-order valence-corrected chi connectivity index (χ3v) is 5.38. The van der Waals surface area contributed by atoms with Crippen LogP contribution in [0, 0.1) is 0 Å². The van der Waals surface area contributed by atoms with Gasteiger partial charge in [-0.05, 0) is 43.2 Å². The van der Waals surface area contributed by atoms with Crippen molar-refractivity contribution in [2.45, 2.75) is 18.9 Å². The maximum absolute atomic E-state index is 13.4. The predicted octanol–water partition coefficient (Wildman–Crippen LogP) is 3.15. The van der Waals surface area contributed by atoms with E-state index in [4.69, 9.17) is 14.6 Å². The van der Waals surface area contributed by atoms with Gasteiger partial charge in [0.15, 0.2) is 0 Å². The molecular weight excluding hydrogens is 382 g/mol. The lowest BCUT2D eigenvalue weighted by atomic mass is 10.0. The van der Waals surface area contributed by atoms with Crippen molar-refractivity contribution in [2.24, 2.45) is 0 Å². The van der Waals surface area contributed by atoms with Crippen LogP contribution in [0.25, 0.3) is 16.9 Å². The fourth-order valence-electron chi connectivity index (χ4n) is 3.68. The molecule has 1 amide bonds. The Bertz CT molecular complexity index is 1020. The van der Waals surface area contributed by atoms with E-state index in [-0.39, 0.29) is 12.0 Å². The lowest BCUT2D eigenvalue weighted by molar-refractivity contribution is 0.0547. The van der Waals surface area contributed by atoms with Crippen LogP contribution in [0.1, 0.15) is 23.2 Å². The molecule has 1 aromatic heterocycles. The molecule has 0 unspecified atom stereocenters. The summed E-state index contributed by atoms with van der Waals surface area (Å²) in [5.74, 6) is 1.15. The van der Waals surface area contributed by atoms with Crippen molar-refractivity contribution in [1.82, 2.24) is 14.7 Å². The van der Waals surface area contributed by atoms with Crippen LogP contribution < -0.4 is 9.47 Å². The number of nitrogens with zero attached hydrogens (tertiary/aromatic N) is 3. The highest BCUT2D eigenvalue weighted by Crippen LogP contribution is 2.35. The lowest BCUT2D eigenvalue weighted by Gasteiger charge is -2.29. The molecule has 1 saturated heterocycles. The van der Waals surface area contributed by atoms with Crippen molar-refractivity contribution in [3.05, 3.63) is 60.3 Å². The number of piperidine rings is 1. The summed E-state index contributed by atoms with van der Waals surface area (Å²) in [6.45, 7) is 1.04. The van der Waals surface area contributed by atoms with Gasteiger partial charge in [0.25, 0.3) is 5.91 Å². The molecule has 30 heavy (non-hydrogen) atoms. The SMILES string of the molecule is COc1ccc(OC)c(-c2nn(-c3ccccc3)cc2C(=O)N2CCC(O)CC2)c1. The van der Waals surface area contributed by atoms with Gasteiger partial charge in [-0.1, -0.05) is 18.2 Å². The molecular formula is C23H25N3O4. The first-order chi connectivity index (χ1) is 14.6. The van der Waals surface area contributed by atoms with Crippen molar-refractivity contribution in [1.29, 1.82) is 0 Å².